The van der Waals surface area contributed by atoms with Crippen LogP contribution in [0, 0.1) is 11.3 Å². The Morgan fingerprint density at radius 1 is 1.04 bits per heavy atom. The number of fused-ring (bicyclic) bond motifs is 1. The molecule has 0 saturated carbocycles. The summed E-state index contributed by atoms with van der Waals surface area (Å²) in [5.41, 5.74) is 6.14. The van der Waals surface area contributed by atoms with Crippen LogP contribution in [-0.2, 0) is 29.7 Å². The molecule has 1 fully saturated rings. The maximum absolute atomic E-state index is 13.3. The Balaban J connectivity index is 1.28. The third kappa shape index (κ3) is 13.9. The Morgan fingerprint density at radius 3 is 2.30 bits per heavy atom. The van der Waals surface area contributed by atoms with Crippen molar-refractivity contribution < 1.29 is 38.2 Å². The lowest BCUT2D eigenvalue weighted by atomic mass is 9.95. The summed E-state index contributed by atoms with van der Waals surface area (Å²) in [6, 6.07) is 10.3. The second-order valence-corrected chi connectivity index (χ2v) is 16.7. The molecule has 16 heteroatoms. The lowest BCUT2D eigenvalue weighted by Crippen LogP contribution is -2.49. The first-order chi connectivity index (χ1) is 27.0. The zero-order valence-electron chi connectivity index (χ0n) is 32.6. The summed E-state index contributed by atoms with van der Waals surface area (Å²) in [6.07, 6.45) is 15.6. The molecule has 0 radical (unpaired) electrons. The van der Waals surface area contributed by atoms with Crippen molar-refractivity contribution in [2.24, 2.45) is 4.99 Å². The number of hydrogen-bond donors (Lipinski definition) is 4. The standard InChI is InChI=1S/C40H60ClN6O8P/c1-3-4-5-6-7-8-9-10-11-12-13-14-15-16-17-18-33(52-25-31-21-30(24-42)22-32(41)23-31)26-53-56(50,51)54-28-40(27-44-2)38(49)36(48)37(55-40)34-19-20-35-39(43)45-29-46-47(34)35/h19-23,29,33,36-38,48-49H,2-18,25-28H2,1H3,(H,50,51)(H2,43,45,46)/t33-,36+,37+,38+,40-/m1/s1. The van der Waals surface area contributed by atoms with Crippen molar-refractivity contribution in [2.45, 2.75) is 146 Å². The van der Waals surface area contributed by atoms with E-state index in [-0.39, 0.29) is 25.6 Å². The van der Waals surface area contributed by atoms with Crippen molar-refractivity contribution in [3.63, 3.8) is 0 Å². The number of benzene rings is 1. The van der Waals surface area contributed by atoms with Crippen molar-refractivity contribution in [1.82, 2.24) is 14.6 Å². The zero-order chi connectivity index (χ0) is 40.4. The fraction of sp³-hybridized carbons (Fsp3) is 0.650. The van der Waals surface area contributed by atoms with Crippen LogP contribution in [-0.4, -0.2) is 80.1 Å². The van der Waals surface area contributed by atoms with Crippen LogP contribution in [0.15, 0.2) is 41.7 Å². The van der Waals surface area contributed by atoms with Gasteiger partial charge in [-0.3, -0.25) is 14.0 Å². The summed E-state index contributed by atoms with van der Waals surface area (Å²) >= 11 is 6.20. The number of nitrogens with two attached hydrogens (primary N) is 1. The van der Waals surface area contributed by atoms with Crippen molar-refractivity contribution >= 4 is 37.5 Å². The Kier molecular flexibility index (Phi) is 19.1. The minimum absolute atomic E-state index is 0.108. The number of aliphatic hydroxyl groups is 2. The molecule has 2 aromatic heterocycles. The summed E-state index contributed by atoms with van der Waals surface area (Å²) in [4.78, 5) is 18.6. The van der Waals surface area contributed by atoms with Gasteiger partial charge in [-0.25, -0.2) is 14.1 Å². The van der Waals surface area contributed by atoms with Crippen LogP contribution >= 0.6 is 19.4 Å². The molecule has 1 unspecified atom stereocenters. The SMILES string of the molecule is C=NC[C@]1(COP(=O)(O)OC[C@@H](CCCCCCCCCCCCCCCCC)OCc2cc(Cl)cc(C#N)c2)O[C@@H](c2ccc3c(N)ncnn23)[C@H](O)[C@@H]1O. The number of nitrogen functional groups attached to an aromatic ring is 1. The number of unbranched alkanes of at least 4 members (excludes halogenated alkanes) is 14. The molecule has 1 aromatic carbocycles. The molecule has 6 atom stereocenters. The number of aromatic nitrogens is 3. The van der Waals surface area contributed by atoms with Gasteiger partial charge >= 0.3 is 7.82 Å². The quantitative estimate of drug-likeness (QED) is 0.0312. The molecule has 14 nitrogen and oxygen atoms in total. The van der Waals surface area contributed by atoms with Gasteiger partial charge in [0.25, 0.3) is 0 Å². The van der Waals surface area contributed by atoms with Gasteiger partial charge in [-0.2, -0.15) is 10.4 Å². The van der Waals surface area contributed by atoms with E-state index >= 15 is 0 Å². The minimum Gasteiger partial charge on any atom is -0.387 e. The fourth-order valence-electron chi connectivity index (χ4n) is 7.15. The van der Waals surface area contributed by atoms with E-state index in [4.69, 9.17) is 35.9 Å². The fourth-order valence-corrected chi connectivity index (χ4v) is 8.22. The van der Waals surface area contributed by atoms with Gasteiger partial charge in [0, 0.05) is 5.02 Å². The van der Waals surface area contributed by atoms with Crippen molar-refractivity contribution in [3.8, 4) is 6.07 Å². The predicted molar refractivity (Wildman–Crippen MR) is 216 cm³/mol. The van der Waals surface area contributed by atoms with Gasteiger partial charge in [0.1, 0.15) is 35.8 Å². The number of halogens is 1. The average Bonchev–Trinajstić information content (AvgIpc) is 3.72. The van der Waals surface area contributed by atoms with Gasteiger partial charge in [0.15, 0.2) is 5.82 Å². The highest BCUT2D eigenvalue weighted by Gasteiger charge is 2.56. The Morgan fingerprint density at radius 2 is 1.68 bits per heavy atom. The maximum atomic E-state index is 13.3. The lowest BCUT2D eigenvalue weighted by molar-refractivity contribution is -0.106. The molecular formula is C40H60ClN6O8P. The monoisotopic (exact) mass is 818 g/mol. The highest BCUT2D eigenvalue weighted by molar-refractivity contribution is 7.47. The summed E-state index contributed by atoms with van der Waals surface area (Å²) in [6.45, 7) is 4.67. The molecule has 1 aliphatic rings. The van der Waals surface area contributed by atoms with Gasteiger partial charge in [-0.15, -0.1) is 0 Å². The number of rotatable bonds is 28. The first kappa shape index (κ1) is 45.7. The van der Waals surface area contributed by atoms with Crippen molar-refractivity contribution in [3.05, 3.63) is 58.5 Å². The number of nitrogens with zero attached hydrogens (tertiary/aromatic N) is 5. The van der Waals surface area contributed by atoms with Gasteiger partial charge in [0.2, 0.25) is 0 Å². The number of aliphatic hydroxyl groups excluding tert-OH is 2. The average molecular weight is 819 g/mol. The second kappa shape index (κ2) is 23.4. The van der Waals surface area contributed by atoms with Gasteiger partial charge in [-0.05, 0) is 49.0 Å². The zero-order valence-corrected chi connectivity index (χ0v) is 34.3. The van der Waals surface area contributed by atoms with Gasteiger partial charge in [-0.1, -0.05) is 115 Å². The van der Waals surface area contributed by atoms with Crippen LogP contribution < -0.4 is 5.73 Å². The molecule has 310 valence electrons. The number of ether oxygens (including phenoxy) is 2. The first-order valence-corrected chi connectivity index (χ1v) is 21.9. The third-order valence-corrected chi connectivity index (χ3v) is 11.5. The van der Waals surface area contributed by atoms with E-state index in [9.17, 15) is 24.9 Å². The third-order valence-electron chi connectivity index (χ3n) is 10.3. The summed E-state index contributed by atoms with van der Waals surface area (Å²) < 4.78 is 37.8. The van der Waals surface area contributed by atoms with E-state index in [0.717, 1.165) is 25.7 Å². The van der Waals surface area contributed by atoms with E-state index in [2.05, 4.69) is 34.8 Å². The summed E-state index contributed by atoms with van der Waals surface area (Å²) in [5, 5.41) is 36.2. The molecule has 0 amide bonds. The topological polar surface area (TPSA) is 207 Å². The summed E-state index contributed by atoms with van der Waals surface area (Å²) in [7, 11) is -4.75. The number of nitriles is 1. The van der Waals surface area contributed by atoms with E-state index in [0.29, 0.717) is 33.8 Å². The molecule has 1 saturated heterocycles. The molecule has 4 rings (SSSR count). The normalized spacial score (nSPS) is 21.2. The lowest BCUT2D eigenvalue weighted by Gasteiger charge is -2.30. The number of phosphoric ester groups is 1. The highest BCUT2D eigenvalue weighted by atomic mass is 35.5. The summed E-state index contributed by atoms with van der Waals surface area (Å²) in [5.74, 6) is 0.210. The van der Waals surface area contributed by atoms with Crippen LogP contribution in [0.25, 0.3) is 5.52 Å². The second-order valence-electron chi connectivity index (χ2n) is 14.8. The molecule has 5 N–H and O–H groups in total. The van der Waals surface area contributed by atoms with Crippen LogP contribution in [0.2, 0.25) is 5.02 Å². The van der Waals surface area contributed by atoms with Crippen molar-refractivity contribution in [2.75, 3.05) is 25.5 Å². The van der Waals surface area contributed by atoms with E-state index in [1.807, 2.05) is 0 Å². The number of phosphoric acid groups is 1. The largest absolute Gasteiger partial charge is 0.472 e. The Labute approximate surface area is 336 Å². The van der Waals surface area contributed by atoms with Crippen molar-refractivity contribution in [1.29, 1.82) is 5.26 Å². The van der Waals surface area contributed by atoms with E-state index in [1.165, 1.54) is 81.5 Å². The molecular weight excluding hydrogens is 759 g/mol. The van der Waals surface area contributed by atoms with Crippen LogP contribution in [0.4, 0.5) is 5.82 Å². The van der Waals surface area contributed by atoms with E-state index < -0.39 is 44.4 Å². The van der Waals surface area contributed by atoms with Crippen LogP contribution in [0.3, 0.4) is 0 Å². The molecule has 1 aliphatic heterocycles. The van der Waals surface area contributed by atoms with Crippen LogP contribution in [0.5, 0.6) is 0 Å². The Hall–Kier alpha value is -2.96. The first-order valence-electron chi connectivity index (χ1n) is 20.0. The van der Waals surface area contributed by atoms with E-state index in [1.54, 1.807) is 30.3 Å². The van der Waals surface area contributed by atoms with Gasteiger partial charge in [0.05, 0.1) is 49.8 Å². The molecule has 3 heterocycles. The maximum Gasteiger partial charge on any atom is 0.472 e. The molecule has 0 bridgehead atoms. The molecule has 0 spiro atoms. The molecule has 0 aliphatic carbocycles. The number of anilines is 1. The smallest absolute Gasteiger partial charge is 0.387 e. The minimum atomic E-state index is -4.75. The van der Waals surface area contributed by atoms with Gasteiger partial charge < -0.3 is 30.3 Å². The molecule has 56 heavy (non-hydrogen) atoms. The molecule has 3 aromatic rings. The Bertz CT molecular complexity index is 1740. The number of hydrogen-bond acceptors (Lipinski definition) is 12. The predicted octanol–water partition coefficient (Wildman–Crippen LogP) is 8.05. The van der Waals surface area contributed by atoms with Crippen LogP contribution in [0.1, 0.15) is 133 Å². The number of aliphatic imine (C=N–C) groups is 1. The highest BCUT2D eigenvalue weighted by Crippen LogP contribution is 2.48.